The highest BCUT2D eigenvalue weighted by molar-refractivity contribution is 6.31. The summed E-state index contributed by atoms with van der Waals surface area (Å²) in [7, 11) is 0. The number of carbonyl (C=O) groups is 2. The number of halogens is 1. The average molecular weight is 307 g/mol. The monoisotopic (exact) mass is 306 g/mol. The number of amides is 1. The van der Waals surface area contributed by atoms with Gasteiger partial charge in [0, 0.05) is 22.5 Å². The molecule has 21 heavy (non-hydrogen) atoms. The van der Waals surface area contributed by atoms with Crippen molar-refractivity contribution in [2.24, 2.45) is 0 Å². The number of carboxylic acid groups (broad SMARTS) is 1. The summed E-state index contributed by atoms with van der Waals surface area (Å²) in [4.78, 5) is 28.5. The van der Waals surface area contributed by atoms with Crippen molar-refractivity contribution in [3.63, 3.8) is 0 Å². The molecule has 1 aromatic carbocycles. The number of H-pyrrole nitrogens is 1. The van der Waals surface area contributed by atoms with Crippen LogP contribution in [0.5, 0.6) is 0 Å². The molecular weight excluding hydrogens is 292 g/mol. The van der Waals surface area contributed by atoms with Crippen LogP contribution in [0.3, 0.4) is 0 Å². The molecule has 1 saturated heterocycles. The highest BCUT2D eigenvalue weighted by Gasteiger charge is 2.46. The Bertz CT molecular complexity index is 740. The Morgan fingerprint density at radius 2 is 2.14 bits per heavy atom. The fourth-order valence-electron chi connectivity index (χ4n) is 2.87. The smallest absolute Gasteiger partial charge is 0.329 e. The van der Waals surface area contributed by atoms with Gasteiger partial charge in [0.25, 0.3) is 5.91 Å². The molecule has 1 aliphatic heterocycles. The Balaban J connectivity index is 1.98. The molecule has 1 unspecified atom stereocenters. The van der Waals surface area contributed by atoms with E-state index in [4.69, 9.17) is 11.6 Å². The largest absolute Gasteiger partial charge is 0.480 e. The molecule has 5 nitrogen and oxygen atoms in total. The molecule has 110 valence electrons. The van der Waals surface area contributed by atoms with Gasteiger partial charge in [-0.25, -0.2) is 4.79 Å². The first-order chi connectivity index (χ1) is 9.91. The van der Waals surface area contributed by atoms with Gasteiger partial charge in [-0.3, -0.25) is 4.79 Å². The van der Waals surface area contributed by atoms with E-state index < -0.39 is 11.5 Å². The number of aliphatic carboxylic acids is 1. The number of hydrogen-bond acceptors (Lipinski definition) is 2. The summed E-state index contributed by atoms with van der Waals surface area (Å²) in [5, 5.41) is 10.9. The lowest BCUT2D eigenvalue weighted by Crippen LogP contribution is -2.50. The lowest BCUT2D eigenvalue weighted by Gasteiger charge is -2.30. The van der Waals surface area contributed by atoms with Crippen LogP contribution >= 0.6 is 11.6 Å². The topological polar surface area (TPSA) is 73.4 Å². The average Bonchev–Trinajstić information content (AvgIpc) is 3.01. The van der Waals surface area contributed by atoms with Gasteiger partial charge in [-0.15, -0.1) is 0 Å². The quantitative estimate of drug-likeness (QED) is 0.896. The SMILES string of the molecule is CC1(C(=O)O)CCCN1C(=O)c1cc2ccc(Cl)cc2[nH]1. The molecule has 1 atom stereocenters. The van der Waals surface area contributed by atoms with Gasteiger partial charge in [0.1, 0.15) is 11.2 Å². The summed E-state index contributed by atoms with van der Waals surface area (Å²) >= 11 is 5.93. The minimum atomic E-state index is -1.13. The molecule has 0 aliphatic carbocycles. The Kier molecular flexibility index (Phi) is 3.17. The molecule has 1 amide bonds. The number of aromatic nitrogens is 1. The van der Waals surface area contributed by atoms with E-state index in [2.05, 4.69) is 4.98 Å². The minimum Gasteiger partial charge on any atom is -0.480 e. The van der Waals surface area contributed by atoms with Gasteiger partial charge in [0.2, 0.25) is 0 Å². The van der Waals surface area contributed by atoms with Gasteiger partial charge in [-0.1, -0.05) is 17.7 Å². The highest BCUT2D eigenvalue weighted by Crippen LogP contribution is 2.31. The Hall–Kier alpha value is -2.01. The first kappa shape index (κ1) is 13.9. The van der Waals surface area contributed by atoms with Crippen LogP contribution in [-0.2, 0) is 4.79 Å². The first-order valence-electron chi connectivity index (χ1n) is 6.75. The van der Waals surface area contributed by atoms with Crippen molar-refractivity contribution in [2.75, 3.05) is 6.54 Å². The molecule has 0 saturated carbocycles. The highest BCUT2D eigenvalue weighted by atomic mass is 35.5. The number of nitrogens with zero attached hydrogens (tertiary/aromatic N) is 1. The lowest BCUT2D eigenvalue weighted by atomic mass is 9.99. The van der Waals surface area contributed by atoms with E-state index in [0.717, 1.165) is 10.9 Å². The van der Waals surface area contributed by atoms with Crippen molar-refractivity contribution in [1.29, 1.82) is 0 Å². The Labute approximate surface area is 126 Å². The number of aromatic amines is 1. The number of hydrogen-bond donors (Lipinski definition) is 2. The van der Waals surface area contributed by atoms with Crippen LogP contribution < -0.4 is 0 Å². The maximum atomic E-state index is 12.6. The fraction of sp³-hybridized carbons (Fsp3) is 0.333. The Morgan fingerprint density at radius 3 is 2.86 bits per heavy atom. The van der Waals surface area contributed by atoms with Crippen LogP contribution in [-0.4, -0.2) is 39.0 Å². The van der Waals surface area contributed by atoms with Gasteiger partial charge in [0.05, 0.1) is 0 Å². The number of nitrogens with one attached hydrogen (secondary N) is 1. The normalized spacial score (nSPS) is 21.9. The molecule has 2 heterocycles. The van der Waals surface area contributed by atoms with Gasteiger partial charge in [-0.2, -0.15) is 0 Å². The van der Waals surface area contributed by atoms with Crippen molar-refractivity contribution in [3.05, 3.63) is 35.0 Å². The first-order valence-corrected chi connectivity index (χ1v) is 7.13. The zero-order valence-electron chi connectivity index (χ0n) is 11.5. The van der Waals surface area contributed by atoms with Gasteiger partial charge in [-0.05, 0) is 38.0 Å². The lowest BCUT2D eigenvalue weighted by molar-refractivity contribution is -0.147. The van der Waals surface area contributed by atoms with E-state index in [1.165, 1.54) is 4.90 Å². The van der Waals surface area contributed by atoms with E-state index in [9.17, 15) is 14.7 Å². The van der Waals surface area contributed by atoms with Gasteiger partial charge >= 0.3 is 5.97 Å². The number of likely N-dealkylation sites (tertiary alicyclic amines) is 1. The second-order valence-electron chi connectivity index (χ2n) is 5.55. The number of benzene rings is 1. The van der Waals surface area contributed by atoms with E-state index in [-0.39, 0.29) is 5.91 Å². The van der Waals surface area contributed by atoms with Crippen molar-refractivity contribution in [1.82, 2.24) is 9.88 Å². The van der Waals surface area contributed by atoms with Crippen molar-refractivity contribution in [3.8, 4) is 0 Å². The fourth-order valence-corrected chi connectivity index (χ4v) is 3.04. The predicted octanol–water partition coefficient (Wildman–Crippen LogP) is 2.90. The van der Waals surface area contributed by atoms with E-state index in [1.807, 2.05) is 6.07 Å². The molecule has 0 radical (unpaired) electrons. The summed E-state index contributed by atoms with van der Waals surface area (Å²) < 4.78 is 0. The standard InChI is InChI=1S/C15H15ClN2O3/c1-15(14(20)21)5-2-6-18(15)13(19)12-7-9-3-4-10(16)8-11(9)17-12/h3-4,7-8,17H,2,5-6H2,1H3,(H,20,21). The second-order valence-corrected chi connectivity index (χ2v) is 5.99. The summed E-state index contributed by atoms with van der Waals surface area (Å²) in [5.74, 6) is -1.25. The van der Waals surface area contributed by atoms with Crippen LogP contribution in [0.2, 0.25) is 5.02 Å². The van der Waals surface area contributed by atoms with Crippen LogP contribution in [0.1, 0.15) is 30.3 Å². The summed E-state index contributed by atoms with van der Waals surface area (Å²) in [6.45, 7) is 2.05. The van der Waals surface area contributed by atoms with Crippen LogP contribution in [0.25, 0.3) is 10.9 Å². The molecule has 1 fully saturated rings. The molecule has 2 N–H and O–H groups in total. The third kappa shape index (κ3) is 2.17. The van der Waals surface area contributed by atoms with E-state index in [0.29, 0.717) is 30.1 Å². The number of fused-ring (bicyclic) bond motifs is 1. The third-order valence-electron chi connectivity index (χ3n) is 4.16. The molecule has 6 heteroatoms. The summed E-state index contributed by atoms with van der Waals surface area (Å²) in [6.07, 6.45) is 1.17. The molecule has 2 aromatic rings. The minimum absolute atomic E-state index is 0.287. The predicted molar refractivity (Wildman–Crippen MR) is 79.6 cm³/mol. The molecular formula is C15H15ClN2O3. The number of rotatable bonds is 2. The number of carbonyl (C=O) groups excluding carboxylic acids is 1. The van der Waals surface area contributed by atoms with Crippen LogP contribution in [0.4, 0.5) is 0 Å². The molecule has 0 bridgehead atoms. The third-order valence-corrected chi connectivity index (χ3v) is 4.40. The number of carboxylic acids is 1. The zero-order valence-corrected chi connectivity index (χ0v) is 12.3. The molecule has 3 rings (SSSR count). The molecule has 1 aliphatic rings. The summed E-state index contributed by atoms with van der Waals surface area (Å²) in [5.41, 5.74) is 0.0233. The van der Waals surface area contributed by atoms with E-state index in [1.54, 1.807) is 25.1 Å². The molecule has 1 aromatic heterocycles. The van der Waals surface area contributed by atoms with Gasteiger partial charge < -0.3 is 15.0 Å². The van der Waals surface area contributed by atoms with Crippen LogP contribution in [0.15, 0.2) is 24.3 Å². The van der Waals surface area contributed by atoms with Crippen molar-refractivity contribution in [2.45, 2.75) is 25.3 Å². The van der Waals surface area contributed by atoms with E-state index >= 15 is 0 Å². The van der Waals surface area contributed by atoms with Crippen molar-refractivity contribution < 1.29 is 14.7 Å². The van der Waals surface area contributed by atoms with Crippen LogP contribution in [0, 0.1) is 0 Å². The second kappa shape index (κ2) is 4.77. The maximum Gasteiger partial charge on any atom is 0.329 e. The summed E-state index contributed by atoms with van der Waals surface area (Å²) in [6, 6.07) is 7.05. The molecule has 0 spiro atoms. The Morgan fingerprint density at radius 1 is 1.38 bits per heavy atom. The maximum absolute atomic E-state index is 12.6. The van der Waals surface area contributed by atoms with Crippen molar-refractivity contribution >= 4 is 34.4 Å². The zero-order chi connectivity index (χ0) is 15.2. The van der Waals surface area contributed by atoms with Gasteiger partial charge in [0.15, 0.2) is 0 Å².